The highest BCUT2D eigenvalue weighted by molar-refractivity contribution is 7.80. The number of ether oxygens (including phenoxy) is 3. The summed E-state index contributed by atoms with van der Waals surface area (Å²) in [5.74, 6) is 2.46. The Hall–Kier alpha value is -2.47. The molecule has 2 aromatic rings. The van der Waals surface area contributed by atoms with E-state index in [2.05, 4.69) is 5.32 Å². The van der Waals surface area contributed by atoms with Gasteiger partial charge in [-0.05, 0) is 67.7 Å². The largest absolute Gasteiger partial charge is 0.497 e. The molecule has 0 aliphatic rings. The average molecular weight is 360 g/mol. The van der Waals surface area contributed by atoms with Crippen LogP contribution in [0.15, 0.2) is 48.5 Å². The van der Waals surface area contributed by atoms with Crippen molar-refractivity contribution in [2.24, 2.45) is 0 Å². The minimum atomic E-state index is 0.536. The molecule has 0 heterocycles. The van der Waals surface area contributed by atoms with Gasteiger partial charge in [0.15, 0.2) is 5.11 Å². The zero-order valence-corrected chi connectivity index (χ0v) is 15.6. The van der Waals surface area contributed by atoms with Crippen LogP contribution in [0.1, 0.15) is 6.92 Å². The van der Waals surface area contributed by atoms with Crippen LogP contribution in [0.3, 0.4) is 0 Å². The van der Waals surface area contributed by atoms with E-state index < -0.39 is 0 Å². The van der Waals surface area contributed by atoms with Crippen LogP contribution in [0, 0.1) is 0 Å². The van der Waals surface area contributed by atoms with Gasteiger partial charge in [-0.1, -0.05) is 0 Å². The van der Waals surface area contributed by atoms with Gasteiger partial charge in [-0.15, -0.1) is 0 Å². The van der Waals surface area contributed by atoms with Crippen LogP contribution in [0.5, 0.6) is 17.2 Å². The van der Waals surface area contributed by atoms with Gasteiger partial charge in [0, 0.05) is 12.7 Å². The molecule has 6 heteroatoms. The molecule has 134 valence electrons. The minimum absolute atomic E-state index is 0.536. The van der Waals surface area contributed by atoms with Gasteiger partial charge < -0.3 is 24.4 Å². The molecule has 0 fully saturated rings. The SMILES string of the molecule is CCOc1ccc(NC(=S)N(C)CCOc2ccc(OC)cc2)cc1. The molecule has 2 rings (SSSR count). The maximum Gasteiger partial charge on any atom is 0.173 e. The van der Waals surface area contributed by atoms with E-state index in [-0.39, 0.29) is 0 Å². The van der Waals surface area contributed by atoms with Crippen molar-refractivity contribution in [2.75, 3.05) is 39.2 Å². The van der Waals surface area contributed by atoms with Crippen molar-refractivity contribution in [1.29, 1.82) is 0 Å². The van der Waals surface area contributed by atoms with Gasteiger partial charge in [-0.25, -0.2) is 0 Å². The topological polar surface area (TPSA) is 43.0 Å². The molecule has 0 saturated heterocycles. The Labute approximate surface area is 154 Å². The van der Waals surface area contributed by atoms with Gasteiger partial charge in [-0.3, -0.25) is 0 Å². The summed E-state index contributed by atoms with van der Waals surface area (Å²) in [6.07, 6.45) is 0. The summed E-state index contributed by atoms with van der Waals surface area (Å²) in [5.41, 5.74) is 0.927. The van der Waals surface area contributed by atoms with Crippen LogP contribution in [0.25, 0.3) is 0 Å². The van der Waals surface area contributed by atoms with Crippen molar-refractivity contribution in [3.63, 3.8) is 0 Å². The number of rotatable bonds is 8. The number of methoxy groups -OCH3 is 1. The molecule has 0 saturated carbocycles. The molecular formula is C19H24N2O3S. The van der Waals surface area contributed by atoms with Gasteiger partial charge in [0.2, 0.25) is 0 Å². The first-order valence-electron chi connectivity index (χ1n) is 8.14. The first kappa shape index (κ1) is 18.9. The Morgan fingerprint density at radius 3 is 2.12 bits per heavy atom. The van der Waals surface area contributed by atoms with Crippen LogP contribution in [-0.4, -0.2) is 43.9 Å². The maximum atomic E-state index is 5.72. The third-order valence-electron chi connectivity index (χ3n) is 3.52. The highest BCUT2D eigenvalue weighted by atomic mass is 32.1. The summed E-state index contributed by atoms with van der Waals surface area (Å²) >= 11 is 5.42. The molecule has 0 aliphatic carbocycles. The smallest absolute Gasteiger partial charge is 0.173 e. The van der Waals surface area contributed by atoms with E-state index in [4.69, 9.17) is 26.4 Å². The second-order valence-corrected chi connectivity index (χ2v) is 5.72. The van der Waals surface area contributed by atoms with Crippen molar-refractivity contribution in [3.05, 3.63) is 48.5 Å². The number of anilines is 1. The van der Waals surface area contributed by atoms with E-state index in [1.54, 1.807) is 7.11 Å². The highest BCUT2D eigenvalue weighted by Gasteiger charge is 2.05. The second-order valence-electron chi connectivity index (χ2n) is 5.33. The van der Waals surface area contributed by atoms with Crippen LogP contribution >= 0.6 is 12.2 Å². The van der Waals surface area contributed by atoms with Crippen molar-refractivity contribution in [3.8, 4) is 17.2 Å². The lowest BCUT2D eigenvalue weighted by atomic mass is 10.3. The van der Waals surface area contributed by atoms with E-state index in [1.807, 2.05) is 67.4 Å². The lowest BCUT2D eigenvalue weighted by molar-refractivity contribution is 0.285. The summed E-state index contributed by atoms with van der Waals surface area (Å²) in [6, 6.07) is 15.2. The molecular weight excluding hydrogens is 336 g/mol. The van der Waals surface area contributed by atoms with Gasteiger partial charge in [0.05, 0.1) is 20.3 Å². The van der Waals surface area contributed by atoms with Crippen molar-refractivity contribution < 1.29 is 14.2 Å². The molecule has 0 spiro atoms. The monoisotopic (exact) mass is 360 g/mol. The number of benzene rings is 2. The van der Waals surface area contributed by atoms with Crippen LogP contribution in [0.4, 0.5) is 5.69 Å². The molecule has 0 atom stereocenters. The minimum Gasteiger partial charge on any atom is -0.497 e. The summed E-state index contributed by atoms with van der Waals surface area (Å²) in [6.45, 7) is 3.83. The third-order valence-corrected chi connectivity index (χ3v) is 3.93. The Morgan fingerprint density at radius 1 is 0.960 bits per heavy atom. The fourth-order valence-electron chi connectivity index (χ4n) is 2.09. The van der Waals surface area contributed by atoms with Crippen molar-refractivity contribution in [1.82, 2.24) is 4.90 Å². The van der Waals surface area contributed by atoms with Gasteiger partial charge >= 0.3 is 0 Å². The van der Waals surface area contributed by atoms with Crippen LogP contribution < -0.4 is 19.5 Å². The Balaban J connectivity index is 1.75. The molecule has 0 bridgehead atoms. The molecule has 0 unspecified atom stereocenters. The first-order chi connectivity index (χ1) is 12.1. The highest BCUT2D eigenvalue weighted by Crippen LogP contribution is 2.17. The zero-order chi connectivity index (χ0) is 18.1. The van der Waals surface area contributed by atoms with E-state index in [0.29, 0.717) is 24.9 Å². The van der Waals surface area contributed by atoms with Gasteiger partial charge in [0.25, 0.3) is 0 Å². The summed E-state index contributed by atoms with van der Waals surface area (Å²) in [4.78, 5) is 1.94. The fourth-order valence-corrected chi connectivity index (χ4v) is 2.30. The standard InChI is InChI=1S/C19H24N2O3S/c1-4-23-17-7-5-15(6-8-17)20-19(25)21(2)13-14-24-18-11-9-16(22-3)10-12-18/h5-12H,4,13-14H2,1-3H3,(H,20,25). The molecule has 0 radical (unpaired) electrons. The van der Waals surface area contributed by atoms with Gasteiger partial charge in [0.1, 0.15) is 23.9 Å². The third kappa shape index (κ3) is 6.15. The van der Waals surface area contributed by atoms with Crippen LogP contribution in [0.2, 0.25) is 0 Å². The first-order valence-corrected chi connectivity index (χ1v) is 8.55. The molecule has 25 heavy (non-hydrogen) atoms. The van der Waals surface area contributed by atoms with Crippen LogP contribution in [-0.2, 0) is 0 Å². The summed E-state index contributed by atoms with van der Waals surface area (Å²) in [5, 5.41) is 3.85. The number of thiocarbonyl (C=S) groups is 1. The lowest BCUT2D eigenvalue weighted by Crippen LogP contribution is -2.34. The molecule has 5 nitrogen and oxygen atoms in total. The van der Waals surface area contributed by atoms with E-state index in [0.717, 1.165) is 22.9 Å². The maximum absolute atomic E-state index is 5.72. The number of likely N-dealkylation sites (N-methyl/N-ethyl adjacent to an activating group) is 1. The molecule has 2 aromatic carbocycles. The number of hydrogen-bond donors (Lipinski definition) is 1. The molecule has 0 aliphatic heterocycles. The van der Waals surface area contributed by atoms with Gasteiger partial charge in [-0.2, -0.15) is 0 Å². The number of nitrogens with one attached hydrogen (secondary N) is 1. The molecule has 0 aromatic heterocycles. The van der Waals surface area contributed by atoms with E-state index >= 15 is 0 Å². The molecule has 1 N–H and O–H groups in total. The Kier molecular flexibility index (Phi) is 7.35. The average Bonchev–Trinajstić information content (AvgIpc) is 2.64. The molecule has 0 amide bonds. The Bertz CT molecular complexity index is 659. The zero-order valence-electron chi connectivity index (χ0n) is 14.8. The van der Waals surface area contributed by atoms with E-state index in [1.165, 1.54) is 0 Å². The predicted octanol–water partition coefficient (Wildman–Crippen LogP) is 3.80. The quantitative estimate of drug-likeness (QED) is 0.722. The van der Waals surface area contributed by atoms with Crippen molar-refractivity contribution in [2.45, 2.75) is 6.92 Å². The predicted molar refractivity (Wildman–Crippen MR) is 105 cm³/mol. The summed E-state index contributed by atoms with van der Waals surface area (Å²) < 4.78 is 16.3. The lowest BCUT2D eigenvalue weighted by Gasteiger charge is -2.21. The summed E-state index contributed by atoms with van der Waals surface area (Å²) in [7, 11) is 3.57. The second kappa shape index (κ2) is 9.74. The number of nitrogens with zero attached hydrogens (tertiary/aromatic N) is 1. The Morgan fingerprint density at radius 2 is 1.52 bits per heavy atom. The van der Waals surface area contributed by atoms with Crippen molar-refractivity contribution >= 4 is 23.0 Å². The normalized spacial score (nSPS) is 10.0. The van der Waals surface area contributed by atoms with E-state index in [9.17, 15) is 0 Å². The fraction of sp³-hybridized carbons (Fsp3) is 0.316. The number of hydrogen-bond acceptors (Lipinski definition) is 4.